The first-order valence-corrected chi connectivity index (χ1v) is 12.6. The molecule has 5 rings (SSSR count). The summed E-state index contributed by atoms with van der Waals surface area (Å²) in [6, 6.07) is 18.5. The Balaban J connectivity index is 1.38. The third-order valence-corrected chi connectivity index (χ3v) is 7.57. The van der Waals surface area contributed by atoms with E-state index in [0.717, 1.165) is 33.2 Å². The van der Waals surface area contributed by atoms with Gasteiger partial charge in [0.1, 0.15) is 11.3 Å². The maximum Gasteiger partial charge on any atom is 0.240 e. The Morgan fingerprint density at radius 1 is 1.12 bits per heavy atom. The van der Waals surface area contributed by atoms with Crippen LogP contribution in [-0.4, -0.2) is 22.5 Å². The van der Waals surface area contributed by atoms with Crippen LogP contribution in [0.2, 0.25) is 0 Å². The summed E-state index contributed by atoms with van der Waals surface area (Å²) in [5.74, 6) is 1.44. The van der Waals surface area contributed by atoms with Gasteiger partial charge in [0.25, 0.3) is 0 Å². The second kappa shape index (κ2) is 9.67. The Hall–Kier alpha value is -3.05. The van der Waals surface area contributed by atoms with E-state index in [0.29, 0.717) is 18.9 Å². The summed E-state index contributed by atoms with van der Waals surface area (Å²) in [6.45, 7) is 4.67. The molecule has 0 aliphatic heterocycles. The number of hydrogen-bond acceptors (Lipinski definition) is 3. The van der Waals surface area contributed by atoms with Crippen LogP contribution in [0.15, 0.2) is 65.2 Å². The molecule has 0 saturated heterocycles. The molecule has 1 fully saturated rings. The number of aromatic nitrogens is 1. The number of rotatable bonds is 8. The molecule has 1 aliphatic carbocycles. The van der Waals surface area contributed by atoms with Crippen LogP contribution in [0.25, 0.3) is 21.9 Å². The fraction of sp³-hybridized carbons (Fsp3) is 0.414. The smallest absolute Gasteiger partial charge is 0.240 e. The summed E-state index contributed by atoms with van der Waals surface area (Å²) in [4.78, 5) is 17.1. The van der Waals surface area contributed by atoms with Crippen molar-refractivity contribution in [1.29, 1.82) is 0 Å². The second-order valence-electron chi connectivity index (χ2n) is 10.1. The van der Waals surface area contributed by atoms with Gasteiger partial charge in [-0.1, -0.05) is 55.7 Å². The number of fused-ring (bicyclic) bond motifs is 2. The summed E-state index contributed by atoms with van der Waals surface area (Å²) >= 11 is 0. The Morgan fingerprint density at radius 3 is 2.71 bits per heavy atom. The molecule has 0 bridgehead atoms. The molecule has 3 N–H and O–H groups in total. The molecule has 2 heterocycles. The highest BCUT2D eigenvalue weighted by molar-refractivity contribution is 5.89. The van der Waals surface area contributed by atoms with Gasteiger partial charge < -0.3 is 14.7 Å². The van der Waals surface area contributed by atoms with E-state index >= 15 is 0 Å². The highest BCUT2D eigenvalue weighted by Crippen LogP contribution is 2.28. The van der Waals surface area contributed by atoms with E-state index in [1.54, 1.807) is 0 Å². The Bertz CT molecular complexity index is 1230. The van der Waals surface area contributed by atoms with Crippen LogP contribution in [0.1, 0.15) is 57.3 Å². The molecule has 178 valence electrons. The number of hydrogen-bond donors (Lipinski definition) is 3. The van der Waals surface area contributed by atoms with E-state index in [2.05, 4.69) is 40.7 Å². The molecule has 2 aromatic heterocycles. The van der Waals surface area contributed by atoms with Gasteiger partial charge in [-0.2, -0.15) is 0 Å². The van der Waals surface area contributed by atoms with Crippen LogP contribution in [0, 0.1) is 5.92 Å². The highest BCUT2D eigenvalue weighted by atomic mass is 16.3. The number of carbonyl (C=O) groups is 1. The normalized spacial score (nSPS) is 17.6. The molecule has 1 aliphatic rings. The van der Waals surface area contributed by atoms with Gasteiger partial charge in [-0.25, -0.2) is 0 Å². The molecule has 1 amide bonds. The number of amides is 1. The van der Waals surface area contributed by atoms with Gasteiger partial charge >= 0.3 is 0 Å². The average molecular weight is 458 g/mol. The molecule has 5 heteroatoms. The topological polar surface area (TPSA) is 70.1 Å². The van der Waals surface area contributed by atoms with Gasteiger partial charge in [-0.15, -0.1) is 0 Å². The lowest BCUT2D eigenvalue weighted by atomic mass is 9.84. The maximum absolute atomic E-state index is 13.8. The number of para-hydroxylation sites is 2. The predicted molar refractivity (Wildman–Crippen MR) is 138 cm³/mol. The number of furan rings is 1. The van der Waals surface area contributed by atoms with Crippen LogP contribution in [0.5, 0.6) is 0 Å². The van der Waals surface area contributed by atoms with Crippen LogP contribution in [-0.2, 0) is 17.8 Å². The van der Waals surface area contributed by atoms with Crippen molar-refractivity contribution in [3.63, 3.8) is 0 Å². The number of nitrogens with one attached hydrogen (secondary N) is 3. The van der Waals surface area contributed by atoms with Gasteiger partial charge in [0.2, 0.25) is 5.91 Å². The summed E-state index contributed by atoms with van der Waals surface area (Å²) in [5, 5.41) is 9.17. The maximum atomic E-state index is 13.8. The summed E-state index contributed by atoms with van der Waals surface area (Å²) in [5.41, 5.74) is 2.31. The van der Waals surface area contributed by atoms with Crippen molar-refractivity contribution in [2.75, 3.05) is 0 Å². The average Bonchev–Trinajstić information content (AvgIpc) is 3.47. The highest BCUT2D eigenvalue weighted by Gasteiger charge is 2.36. The summed E-state index contributed by atoms with van der Waals surface area (Å²) in [7, 11) is 0. The SMILES string of the molecule is C[C@@H](NC(=O)[C@](C)(Cc1c[nH]c2ccccc12)NCc1cc2ccccc2o1)C1CCCCC1. The number of H-pyrrole nitrogens is 1. The van der Waals surface area contributed by atoms with E-state index in [1.807, 2.05) is 49.5 Å². The van der Waals surface area contributed by atoms with Crippen molar-refractivity contribution >= 4 is 27.8 Å². The largest absolute Gasteiger partial charge is 0.460 e. The van der Waals surface area contributed by atoms with Crippen molar-refractivity contribution in [2.45, 2.75) is 70.5 Å². The van der Waals surface area contributed by atoms with Gasteiger partial charge in [0.05, 0.1) is 12.1 Å². The lowest BCUT2D eigenvalue weighted by Crippen LogP contribution is -2.58. The summed E-state index contributed by atoms with van der Waals surface area (Å²) in [6.07, 6.45) is 8.86. The van der Waals surface area contributed by atoms with Gasteiger partial charge in [-0.05, 0) is 56.4 Å². The fourth-order valence-corrected chi connectivity index (χ4v) is 5.41. The van der Waals surface area contributed by atoms with Crippen molar-refractivity contribution < 1.29 is 9.21 Å². The van der Waals surface area contributed by atoms with Crippen molar-refractivity contribution in [2.24, 2.45) is 5.92 Å². The molecular formula is C29H35N3O2. The van der Waals surface area contributed by atoms with Crippen LogP contribution < -0.4 is 10.6 Å². The first-order valence-electron chi connectivity index (χ1n) is 12.6. The lowest BCUT2D eigenvalue weighted by Gasteiger charge is -2.34. The zero-order valence-corrected chi connectivity index (χ0v) is 20.2. The monoisotopic (exact) mass is 457 g/mol. The minimum absolute atomic E-state index is 0.0481. The number of carbonyl (C=O) groups excluding carboxylic acids is 1. The standard InChI is InChI=1S/C29H35N3O2/c1-20(21-10-4-3-5-11-21)32-28(33)29(2,17-23-18-30-26-14-8-7-13-25(23)26)31-19-24-16-22-12-6-9-15-27(22)34-24/h6-9,12-16,18,20-21,30-31H,3-5,10-11,17,19H2,1-2H3,(H,32,33)/t20-,29+/m1/s1. The molecule has 2 atom stereocenters. The van der Waals surface area contributed by atoms with Gasteiger partial charge in [0.15, 0.2) is 0 Å². The number of benzene rings is 2. The van der Waals surface area contributed by atoms with Gasteiger partial charge in [-0.3, -0.25) is 10.1 Å². The molecule has 1 saturated carbocycles. The first-order chi connectivity index (χ1) is 16.5. The molecule has 5 nitrogen and oxygen atoms in total. The minimum Gasteiger partial charge on any atom is -0.460 e. The lowest BCUT2D eigenvalue weighted by molar-refractivity contribution is -0.128. The Morgan fingerprint density at radius 2 is 1.88 bits per heavy atom. The molecular weight excluding hydrogens is 422 g/mol. The molecule has 0 radical (unpaired) electrons. The second-order valence-corrected chi connectivity index (χ2v) is 10.1. The predicted octanol–water partition coefficient (Wildman–Crippen LogP) is 6.09. The quantitative estimate of drug-likeness (QED) is 0.300. The van der Waals surface area contributed by atoms with Crippen molar-refractivity contribution in [1.82, 2.24) is 15.6 Å². The van der Waals surface area contributed by atoms with E-state index in [-0.39, 0.29) is 11.9 Å². The molecule has 34 heavy (non-hydrogen) atoms. The number of aromatic amines is 1. The van der Waals surface area contributed by atoms with E-state index < -0.39 is 5.54 Å². The first kappa shape index (κ1) is 22.7. The van der Waals surface area contributed by atoms with E-state index in [4.69, 9.17) is 4.42 Å². The molecule has 0 unspecified atom stereocenters. The van der Waals surface area contributed by atoms with Crippen LogP contribution in [0.4, 0.5) is 0 Å². The zero-order valence-electron chi connectivity index (χ0n) is 20.2. The van der Waals surface area contributed by atoms with Crippen molar-refractivity contribution in [3.05, 3.63) is 72.1 Å². The summed E-state index contributed by atoms with van der Waals surface area (Å²) < 4.78 is 6.02. The van der Waals surface area contributed by atoms with Crippen LogP contribution >= 0.6 is 0 Å². The third kappa shape index (κ3) is 4.76. The Kier molecular flexibility index (Phi) is 6.46. The van der Waals surface area contributed by atoms with Gasteiger partial charge in [0, 0.05) is 34.9 Å². The molecule has 4 aromatic rings. The zero-order chi connectivity index (χ0) is 23.5. The van der Waals surface area contributed by atoms with Crippen LogP contribution in [0.3, 0.4) is 0 Å². The van der Waals surface area contributed by atoms with Crippen molar-refractivity contribution in [3.8, 4) is 0 Å². The Labute approximate surface area is 201 Å². The molecule has 0 spiro atoms. The minimum atomic E-state index is -0.785. The van der Waals surface area contributed by atoms with E-state index in [9.17, 15) is 4.79 Å². The fourth-order valence-electron chi connectivity index (χ4n) is 5.41. The third-order valence-electron chi connectivity index (χ3n) is 7.57. The molecule has 2 aromatic carbocycles. The van der Waals surface area contributed by atoms with E-state index in [1.165, 1.54) is 32.1 Å².